The minimum Gasteiger partial charge on any atom is -0.235 e. The summed E-state index contributed by atoms with van der Waals surface area (Å²) in [5.41, 5.74) is 4.49. The maximum Gasteiger partial charge on any atom is 0.116 e. The quantitative estimate of drug-likeness (QED) is 0.685. The fourth-order valence-electron chi connectivity index (χ4n) is 1.93. The molecule has 90 valence electrons. The Morgan fingerprint density at radius 3 is 2.67 bits per heavy atom. The van der Waals surface area contributed by atoms with E-state index in [4.69, 9.17) is 0 Å². The molecule has 0 spiro atoms. The highest BCUT2D eigenvalue weighted by molar-refractivity contribution is 9.10. The summed E-state index contributed by atoms with van der Waals surface area (Å²) >= 11 is 5.19. The summed E-state index contributed by atoms with van der Waals surface area (Å²) in [4.78, 5) is 8.74. The van der Waals surface area contributed by atoms with Gasteiger partial charge >= 0.3 is 0 Å². The summed E-state index contributed by atoms with van der Waals surface area (Å²) in [7, 11) is 0. The molecule has 2 aromatic heterocycles. The van der Waals surface area contributed by atoms with E-state index in [0.717, 1.165) is 32.4 Å². The number of aryl methyl sites for hydroxylation is 1. The van der Waals surface area contributed by atoms with Crippen molar-refractivity contribution >= 4 is 37.5 Å². The van der Waals surface area contributed by atoms with Gasteiger partial charge in [-0.1, -0.05) is 31.2 Å². The third-order valence-electron chi connectivity index (χ3n) is 2.95. The van der Waals surface area contributed by atoms with Crippen LogP contribution in [-0.2, 0) is 6.42 Å². The second-order valence-corrected chi connectivity index (χ2v) is 5.77. The van der Waals surface area contributed by atoms with Gasteiger partial charge in [-0.15, -0.1) is 11.3 Å². The van der Waals surface area contributed by atoms with Crippen LogP contribution in [0.3, 0.4) is 0 Å². The SMILES string of the molecule is CCc1ccc(-c2ncnc3c(Br)csc23)cc1. The zero-order valence-corrected chi connectivity index (χ0v) is 12.3. The van der Waals surface area contributed by atoms with Gasteiger partial charge in [-0.3, -0.25) is 0 Å². The van der Waals surface area contributed by atoms with E-state index in [1.807, 2.05) is 0 Å². The minimum atomic E-state index is 0.990. The standard InChI is InChI=1S/C14H11BrN2S/c1-2-9-3-5-10(6-4-9)12-14-13(17-8-16-12)11(15)7-18-14/h3-8H,2H2,1H3. The van der Waals surface area contributed by atoms with Crippen molar-refractivity contribution in [1.82, 2.24) is 9.97 Å². The van der Waals surface area contributed by atoms with Crippen LogP contribution in [0.4, 0.5) is 0 Å². The van der Waals surface area contributed by atoms with E-state index in [1.54, 1.807) is 17.7 Å². The second-order valence-electron chi connectivity index (χ2n) is 4.03. The number of fused-ring (bicyclic) bond motifs is 1. The lowest BCUT2D eigenvalue weighted by Crippen LogP contribution is -1.87. The van der Waals surface area contributed by atoms with Crippen LogP contribution in [0.5, 0.6) is 0 Å². The van der Waals surface area contributed by atoms with Gasteiger partial charge in [-0.25, -0.2) is 9.97 Å². The van der Waals surface area contributed by atoms with E-state index in [2.05, 4.69) is 62.5 Å². The van der Waals surface area contributed by atoms with Crippen LogP contribution in [0.1, 0.15) is 12.5 Å². The lowest BCUT2D eigenvalue weighted by Gasteiger charge is -2.03. The highest BCUT2D eigenvalue weighted by Crippen LogP contribution is 2.34. The van der Waals surface area contributed by atoms with Crippen molar-refractivity contribution < 1.29 is 0 Å². The molecule has 0 amide bonds. The summed E-state index contributed by atoms with van der Waals surface area (Å²) in [5, 5.41) is 2.06. The van der Waals surface area contributed by atoms with E-state index < -0.39 is 0 Å². The van der Waals surface area contributed by atoms with Crippen molar-refractivity contribution in [2.24, 2.45) is 0 Å². The Balaban J connectivity index is 2.18. The number of hydrogen-bond acceptors (Lipinski definition) is 3. The van der Waals surface area contributed by atoms with Crippen molar-refractivity contribution in [1.29, 1.82) is 0 Å². The predicted octanol–water partition coefficient (Wildman–Crippen LogP) is 4.68. The average Bonchev–Trinajstić information content (AvgIpc) is 2.81. The molecule has 0 aliphatic rings. The number of nitrogens with zero attached hydrogens (tertiary/aromatic N) is 2. The molecule has 18 heavy (non-hydrogen) atoms. The maximum absolute atomic E-state index is 4.42. The van der Waals surface area contributed by atoms with E-state index in [-0.39, 0.29) is 0 Å². The molecule has 4 heteroatoms. The lowest BCUT2D eigenvalue weighted by atomic mass is 10.1. The largest absolute Gasteiger partial charge is 0.235 e. The summed E-state index contributed by atoms with van der Waals surface area (Å²) in [6.45, 7) is 2.16. The molecule has 0 N–H and O–H groups in total. The molecule has 0 bridgehead atoms. The number of hydrogen-bond donors (Lipinski definition) is 0. The van der Waals surface area contributed by atoms with Gasteiger partial charge < -0.3 is 0 Å². The van der Waals surface area contributed by atoms with Gasteiger partial charge in [0.1, 0.15) is 6.33 Å². The molecule has 1 aromatic carbocycles. The molecule has 0 aliphatic heterocycles. The van der Waals surface area contributed by atoms with E-state index >= 15 is 0 Å². The summed E-state index contributed by atoms with van der Waals surface area (Å²) in [5.74, 6) is 0. The summed E-state index contributed by atoms with van der Waals surface area (Å²) < 4.78 is 2.17. The van der Waals surface area contributed by atoms with Crippen LogP contribution in [0, 0.1) is 0 Å². The van der Waals surface area contributed by atoms with Crippen LogP contribution < -0.4 is 0 Å². The molecular formula is C14H11BrN2S. The third-order valence-corrected chi connectivity index (χ3v) is 4.83. The van der Waals surface area contributed by atoms with Crippen LogP contribution in [0.15, 0.2) is 40.4 Å². The molecule has 0 atom stereocenters. The molecule has 2 nitrogen and oxygen atoms in total. The Bertz CT molecular complexity index is 689. The molecule has 3 aromatic rings. The number of halogens is 1. The Morgan fingerprint density at radius 2 is 1.94 bits per heavy atom. The molecule has 0 radical (unpaired) electrons. The first-order valence-electron chi connectivity index (χ1n) is 5.76. The van der Waals surface area contributed by atoms with Gasteiger partial charge in [0.2, 0.25) is 0 Å². The number of aromatic nitrogens is 2. The Hall–Kier alpha value is -1.26. The fourth-order valence-corrected chi connectivity index (χ4v) is 3.53. The van der Waals surface area contributed by atoms with Crippen LogP contribution in [0.25, 0.3) is 21.5 Å². The topological polar surface area (TPSA) is 25.8 Å². The van der Waals surface area contributed by atoms with Gasteiger partial charge in [-0.2, -0.15) is 0 Å². The third kappa shape index (κ3) is 1.95. The van der Waals surface area contributed by atoms with E-state index in [1.165, 1.54) is 5.56 Å². The number of thiophene rings is 1. The van der Waals surface area contributed by atoms with E-state index in [9.17, 15) is 0 Å². The van der Waals surface area contributed by atoms with Gasteiger partial charge in [0, 0.05) is 10.9 Å². The van der Waals surface area contributed by atoms with Crippen LogP contribution >= 0.6 is 27.3 Å². The smallest absolute Gasteiger partial charge is 0.116 e. The predicted molar refractivity (Wildman–Crippen MR) is 79.9 cm³/mol. The molecule has 0 saturated carbocycles. The molecule has 0 saturated heterocycles. The average molecular weight is 319 g/mol. The summed E-state index contributed by atoms with van der Waals surface area (Å²) in [6.07, 6.45) is 2.69. The number of benzene rings is 1. The minimum absolute atomic E-state index is 0.990. The van der Waals surface area contributed by atoms with Crippen molar-refractivity contribution in [3.8, 4) is 11.3 Å². The molecule has 2 heterocycles. The zero-order valence-electron chi connectivity index (χ0n) is 9.85. The van der Waals surface area contributed by atoms with Gasteiger partial charge in [0.05, 0.1) is 20.4 Å². The molecule has 0 unspecified atom stereocenters. The Morgan fingerprint density at radius 1 is 1.17 bits per heavy atom. The number of rotatable bonds is 2. The monoisotopic (exact) mass is 318 g/mol. The summed E-state index contributed by atoms with van der Waals surface area (Å²) in [6, 6.07) is 8.58. The Labute approximate surface area is 118 Å². The Kier molecular flexibility index (Phi) is 3.14. The van der Waals surface area contributed by atoms with Crippen LogP contribution in [-0.4, -0.2) is 9.97 Å². The fraction of sp³-hybridized carbons (Fsp3) is 0.143. The maximum atomic E-state index is 4.42. The first-order valence-corrected chi connectivity index (χ1v) is 7.44. The first-order chi connectivity index (χ1) is 8.79. The van der Waals surface area contributed by atoms with Crippen molar-refractivity contribution in [2.75, 3.05) is 0 Å². The highest BCUT2D eigenvalue weighted by atomic mass is 79.9. The second kappa shape index (κ2) is 4.78. The van der Waals surface area contributed by atoms with Gasteiger partial charge in [-0.05, 0) is 27.9 Å². The van der Waals surface area contributed by atoms with E-state index in [0.29, 0.717) is 0 Å². The molecule has 0 fully saturated rings. The van der Waals surface area contributed by atoms with Crippen molar-refractivity contribution in [2.45, 2.75) is 13.3 Å². The highest BCUT2D eigenvalue weighted by Gasteiger charge is 2.10. The van der Waals surface area contributed by atoms with Gasteiger partial charge in [0.15, 0.2) is 0 Å². The first kappa shape index (κ1) is 11.8. The molecule has 0 aliphatic carbocycles. The van der Waals surface area contributed by atoms with Crippen LogP contribution in [0.2, 0.25) is 0 Å². The normalized spacial score (nSPS) is 11.0. The molecular weight excluding hydrogens is 308 g/mol. The van der Waals surface area contributed by atoms with Gasteiger partial charge in [0.25, 0.3) is 0 Å². The van der Waals surface area contributed by atoms with Crippen molar-refractivity contribution in [3.05, 3.63) is 46.0 Å². The van der Waals surface area contributed by atoms with Crippen molar-refractivity contribution in [3.63, 3.8) is 0 Å². The molecule has 3 rings (SSSR count). The zero-order chi connectivity index (χ0) is 12.5. The lowest BCUT2D eigenvalue weighted by molar-refractivity contribution is 1.14.